The summed E-state index contributed by atoms with van der Waals surface area (Å²) in [6.07, 6.45) is 12.4. The van der Waals surface area contributed by atoms with Crippen molar-refractivity contribution in [2.45, 2.75) is 112 Å². The monoisotopic (exact) mass is 624 g/mol. The van der Waals surface area contributed by atoms with Gasteiger partial charge in [-0.1, -0.05) is 94.4 Å². The Morgan fingerprint density at radius 1 is 0.804 bits per heavy atom. The van der Waals surface area contributed by atoms with E-state index in [-0.39, 0.29) is 35.0 Å². The Bertz CT molecular complexity index is 1360. The Balaban J connectivity index is 1.28. The van der Waals surface area contributed by atoms with Crippen molar-refractivity contribution in [2.24, 2.45) is 52.3 Å². The molecule has 0 N–H and O–H groups in total. The molecule has 2 aromatic rings. The fourth-order valence-electron chi connectivity index (χ4n) is 11.7. The topological polar surface area (TPSA) is 52.6 Å². The molecule has 6 rings (SSSR count). The fourth-order valence-corrected chi connectivity index (χ4v) is 11.7. The Hall–Kier alpha value is -2.88. The van der Waals surface area contributed by atoms with Crippen LogP contribution in [0.2, 0.25) is 0 Å². The van der Waals surface area contributed by atoms with Crippen molar-refractivity contribution in [1.29, 1.82) is 0 Å². The SMILES string of the molecule is CC[C@H]1[C@@H](OC(C)=O)C2C3CC[C@H]([C@H](C)CC=C(c4ccccc4)c4ccccc4)[C@@]3(C)CCC2[C@@]2(C)CC[C@@H](OC(C)=O)C[C@@H]12. The van der Waals surface area contributed by atoms with Crippen molar-refractivity contribution in [1.82, 2.24) is 0 Å². The van der Waals surface area contributed by atoms with Crippen LogP contribution in [-0.2, 0) is 19.1 Å². The molecule has 4 heteroatoms. The first-order valence-corrected chi connectivity index (χ1v) is 18.2. The predicted octanol–water partition coefficient (Wildman–Crippen LogP) is 9.91. The van der Waals surface area contributed by atoms with Crippen LogP contribution in [0, 0.1) is 52.3 Å². The summed E-state index contributed by atoms with van der Waals surface area (Å²) in [5.41, 5.74) is 4.31. The van der Waals surface area contributed by atoms with Gasteiger partial charge in [-0.05, 0) is 121 Å². The van der Waals surface area contributed by atoms with Crippen LogP contribution in [0.3, 0.4) is 0 Å². The standard InChI is InChI=1S/C42H56O4/c1-7-33-38-26-32(45-28(3)43)22-24-42(38,6)37-23-25-41(5)35(20-21-36(41)39(37)40(33)46-29(4)44)27(2)18-19-34(30-14-10-8-11-15-30)31-16-12-9-13-17-31/h8-17,19,27,32-33,35-40H,7,18,20-26H2,1-6H3/t27-,32-,33-,35-,36?,37?,38+,39?,40-,41-,42-/m1/s1. The van der Waals surface area contributed by atoms with E-state index in [1.165, 1.54) is 49.3 Å². The van der Waals surface area contributed by atoms with Crippen molar-refractivity contribution in [2.75, 3.05) is 0 Å². The van der Waals surface area contributed by atoms with E-state index in [1.54, 1.807) is 6.92 Å². The van der Waals surface area contributed by atoms with E-state index in [0.29, 0.717) is 41.4 Å². The zero-order chi connectivity index (χ0) is 32.6. The van der Waals surface area contributed by atoms with Gasteiger partial charge in [0.15, 0.2) is 0 Å². The number of rotatable bonds is 8. The van der Waals surface area contributed by atoms with Crippen LogP contribution in [0.25, 0.3) is 5.57 Å². The number of carbonyl (C=O) groups is 2. The number of hydrogen-bond acceptors (Lipinski definition) is 4. The van der Waals surface area contributed by atoms with Gasteiger partial charge in [0.1, 0.15) is 12.2 Å². The van der Waals surface area contributed by atoms with Gasteiger partial charge in [0, 0.05) is 19.8 Å². The van der Waals surface area contributed by atoms with E-state index in [2.05, 4.69) is 94.4 Å². The highest BCUT2D eigenvalue weighted by atomic mass is 16.5. The minimum atomic E-state index is -0.180. The molecule has 4 saturated carbocycles. The molecular weight excluding hydrogens is 568 g/mol. The zero-order valence-corrected chi connectivity index (χ0v) is 29.0. The molecule has 0 radical (unpaired) electrons. The summed E-state index contributed by atoms with van der Waals surface area (Å²) in [6.45, 7) is 13.0. The maximum absolute atomic E-state index is 12.7. The molecule has 4 nitrogen and oxygen atoms in total. The van der Waals surface area contributed by atoms with Gasteiger partial charge in [-0.25, -0.2) is 0 Å². The predicted molar refractivity (Wildman–Crippen MR) is 185 cm³/mol. The molecular formula is C42H56O4. The number of carbonyl (C=O) groups excluding carboxylic acids is 2. The van der Waals surface area contributed by atoms with Crippen LogP contribution < -0.4 is 0 Å². The average Bonchev–Trinajstić information content (AvgIpc) is 3.39. The third-order valence-electron chi connectivity index (χ3n) is 13.6. The van der Waals surface area contributed by atoms with Gasteiger partial charge < -0.3 is 9.47 Å². The quantitative estimate of drug-likeness (QED) is 0.274. The van der Waals surface area contributed by atoms with Gasteiger partial charge in [0.25, 0.3) is 0 Å². The van der Waals surface area contributed by atoms with Crippen molar-refractivity contribution in [3.05, 3.63) is 77.9 Å². The number of esters is 2. The highest BCUT2D eigenvalue weighted by Crippen LogP contribution is 2.70. The molecule has 0 amide bonds. The van der Waals surface area contributed by atoms with Crippen molar-refractivity contribution < 1.29 is 19.1 Å². The molecule has 0 spiro atoms. The van der Waals surface area contributed by atoms with E-state index in [0.717, 1.165) is 32.1 Å². The molecule has 4 aliphatic carbocycles. The highest BCUT2D eigenvalue weighted by Gasteiger charge is 2.66. The minimum absolute atomic E-state index is 0.0190. The molecule has 0 aliphatic heterocycles. The maximum Gasteiger partial charge on any atom is 0.302 e. The number of fused-ring (bicyclic) bond motifs is 5. The molecule has 0 saturated heterocycles. The molecule has 3 unspecified atom stereocenters. The molecule has 248 valence electrons. The fraction of sp³-hybridized carbons (Fsp3) is 0.619. The molecule has 0 heterocycles. The summed E-state index contributed by atoms with van der Waals surface area (Å²) in [6, 6.07) is 21.7. The summed E-state index contributed by atoms with van der Waals surface area (Å²) in [4.78, 5) is 24.6. The van der Waals surface area contributed by atoms with E-state index in [9.17, 15) is 9.59 Å². The minimum Gasteiger partial charge on any atom is -0.463 e. The first kappa shape index (κ1) is 33.0. The summed E-state index contributed by atoms with van der Waals surface area (Å²) < 4.78 is 12.2. The second kappa shape index (κ2) is 13.3. The Morgan fingerprint density at radius 3 is 1.98 bits per heavy atom. The molecule has 46 heavy (non-hydrogen) atoms. The second-order valence-electron chi connectivity index (χ2n) is 15.8. The van der Waals surface area contributed by atoms with Crippen LogP contribution >= 0.6 is 0 Å². The van der Waals surface area contributed by atoms with E-state index < -0.39 is 0 Å². The molecule has 2 aromatic carbocycles. The third-order valence-corrected chi connectivity index (χ3v) is 13.6. The van der Waals surface area contributed by atoms with Crippen molar-refractivity contribution in [3.63, 3.8) is 0 Å². The third kappa shape index (κ3) is 5.99. The van der Waals surface area contributed by atoms with Crippen LogP contribution in [0.1, 0.15) is 110 Å². The first-order valence-electron chi connectivity index (χ1n) is 18.2. The van der Waals surface area contributed by atoms with Crippen LogP contribution in [0.15, 0.2) is 66.7 Å². The Morgan fingerprint density at radius 2 is 1.39 bits per heavy atom. The van der Waals surface area contributed by atoms with Gasteiger partial charge in [0.05, 0.1) is 0 Å². The molecule has 0 aromatic heterocycles. The number of ether oxygens (including phenoxy) is 2. The van der Waals surface area contributed by atoms with E-state index in [4.69, 9.17) is 9.47 Å². The summed E-state index contributed by atoms with van der Waals surface area (Å²) >= 11 is 0. The van der Waals surface area contributed by atoms with Crippen LogP contribution in [0.4, 0.5) is 0 Å². The van der Waals surface area contributed by atoms with E-state index in [1.807, 2.05) is 0 Å². The Kier molecular flexibility index (Phi) is 9.57. The molecule has 0 bridgehead atoms. The smallest absolute Gasteiger partial charge is 0.302 e. The number of allylic oxidation sites excluding steroid dienone is 1. The lowest BCUT2D eigenvalue weighted by Crippen LogP contribution is -2.63. The van der Waals surface area contributed by atoms with Crippen molar-refractivity contribution >= 4 is 17.5 Å². The van der Waals surface area contributed by atoms with Gasteiger partial charge >= 0.3 is 11.9 Å². The average molecular weight is 625 g/mol. The largest absolute Gasteiger partial charge is 0.463 e. The maximum atomic E-state index is 12.7. The molecule has 4 aliphatic rings. The van der Waals surface area contributed by atoms with Crippen molar-refractivity contribution in [3.8, 4) is 0 Å². The van der Waals surface area contributed by atoms with Gasteiger partial charge in [0.2, 0.25) is 0 Å². The van der Waals surface area contributed by atoms with Crippen LogP contribution in [-0.4, -0.2) is 24.1 Å². The summed E-state index contributed by atoms with van der Waals surface area (Å²) in [7, 11) is 0. The first-order chi connectivity index (χ1) is 22.1. The van der Waals surface area contributed by atoms with Gasteiger partial charge in [-0.2, -0.15) is 0 Å². The van der Waals surface area contributed by atoms with Crippen LogP contribution in [0.5, 0.6) is 0 Å². The van der Waals surface area contributed by atoms with Gasteiger partial charge in [-0.3, -0.25) is 9.59 Å². The number of benzene rings is 2. The summed E-state index contributed by atoms with van der Waals surface area (Å²) in [5, 5.41) is 0. The Labute approximate surface area is 277 Å². The zero-order valence-electron chi connectivity index (χ0n) is 29.0. The number of hydrogen-bond donors (Lipinski definition) is 0. The lowest BCUT2D eigenvalue weighted by atomic mass is 9.41. The van der Waals surface area contributed by atoms with E-state index >= 15 is 0 Å². The molecule has 4 fully saturated rings. The van der Waals surface area contributed by atoms with Gasteiger partial charge in [-0.15, -0.1) is 0 Å². The second-order valence-corrected chi connectivity index (χ2v) is 15.8. The highest BCUT2D eigenvalue weighted by molar-refractivity contribution is 5.79. The normalized spacial score (nSPS) is 37.2. The lowest BCUT2D eigenvalue weighted by molar-refractivity contribution is -0.219. The lowest BCUT2D eigenvalue weighted by Gasteiger charge is -2.65. The summed E-state index contributed by atoms with van der Waals surface area (Å²) in [5.74, 6) is 3.09. The molecule has 11 atom stereocenters.